The zero-order valence-corrected chi connectivity index (χ0v) is 17.1. The van der Waals surface area contributed by atoms with E-state index in [1.165, 1.54) is 28.5 Å². The van der Waals surface area contributed by atoms with E-state index < -0.39 is 17.7 Å². The highest BCUT2D eigenvalue weighted by atomic mass is 16.2. The summed E-state index contributed by atoms with van der Waals surface area (Å²) in [7, 11) is 3.06. The molecule has 0 radical (unpaired) electrons. The largest absolute Gasteiger partial charge is 0.388 e. The lowest BCUT2D eigenvalue weighted by Gasteiger charge is -2.03. The molecule has 0 fully saturated rings. The van der Waals surface area contributed by atoms with E-state index in [1.807, 2.05) is 0 Å². The average molecular weight is 443 g/mol. The van der Waals surface area contributed by atoms with Crippen molar-refractivity contribution in [1.82, 2.24) is 40.1 Å². The highest BCUT2D eigenvalue weighted by Crippen LogP contribution is 2.14. The Hall–Kier alpha value is -4.76. The van der Waals surface area contributed by atoms with E-state index in [0.717, 1.165) is 0 Å². The third-order valence-corrected chi connectivity index (χ3v) is 4.11. The highest BCUT2D eigenvalue weighted by Gasteiger charge is 2.19. The van der Waals surface area contributed by atoms with Crippen molar-refractivity contribution in [1.29, 1.82) is 5.41 Å². The molecule has 3 aromatic rings. The second-order valence-corrected chi connectivity index (χ2v) is 6.56. The van der Waals surface area contributed by atoms with Gasteiger partial charge >= 0.3 is 0 Å². The topological polar surface area (TPSA) is 240 Å². The van der Waals surface area contributed by atoms with Crippen LogP contribution in [0.1, 0.15) is 38.0 Å². The van der Waals surface area contributed by atoms with Crippen LogP contribution in [0.15, 0.2) is 12.1 Å². The summed E-state index contributed by atoms with van der Waals surface area (Å²) in [4.78, 5) is 40.7. The van der Waals surface area contributed by atoms with Crippen LogP contribution in [-0.2, 0) is 14.1 Å². The van der Waals surface area contributed by atoms with Crippen LogP contribution in [0.4, 0.5) is 17.6 Å². The van der Waals surface area contributed by atoms with Gasteiger partial charge in [-0.3, -0.25) is 34.3 Å². The van der Waals surface area contributed by atoms with Crippen molar-refractivity contribution in [3.05, 3.63) is 29.3 Å². The van der Waals surface area contributed by atoms with Crippen molar-refractivity contribution in [2.75, 3.05) is 22.9 Å². The number of amidine groups is 1. The molecule has 0 atom stereocenters. The zero-order chi connectivity index (χ0) is 23.4. The minimum atomic E-state index is -0.635. The van der Waals surface area contributed by atoms with Crippen LogP contribution >= 0.6 is 0 Å². The summed E-state index contributed by atoms with van der Waals surface area (Å²) < 4.78 is 2.56. The van der Waals surface area contributed by atoms with Crippen LogP contribution in [0.25, 0.3) is 0 Å². The van der Waals surface area contributed by atoms with Gasteiger partial charge in [-0.15, -0.1) is 5.10 Å². The predicted octanol–water partition coefficient (Wildman–Crippen LogP) is -1.59. The molecule has 0 bridgehead atoms. The number of carbonyl (C=O) groups excluding carboxylic acids is 3. The number of anilines is 3. The molecule has 16 nitrogen and oxygen atoms in total. The molecule has 0 saturated heterocycles. The van der Waals surface area contributed by atoms with E-state index in [2.05, 4.69) is 41.3 Å². The molecule has 0 aromatic carbocycles. The number of aryl methyl sites for hydroxylation is 2. The van der Waals surface area contributed by atoms with Crippen molar-refractivity contribution in [3.63, 3.8) is 0 Å². The number of H-pyrrole nitrogens is 1. The normalized spacial score (nSPS) is 10.6. The van der Waals surface area contributed by atoms with Gasteiger partial charge in [0.05, 0.1) is 5.84 Å². The second kappa shape index (κ2) is 8.94. The predicted molar refractivity (Wildman–Crippen MR) is 112 cm³/mol. The number of nitrogens with zero attached hydrogens (tertiary/aromatic N) is 6. The molecule has 0 aliphatic rings. The van der Waals surface area contributed by atoms with Crippen molar-refractivity contribution in [3.8, 4) is 0 Å². The van der Waals surface area contributed by atoms with E-state index in [1.54, 1.807) is 7.05 Å². The summed E-state index contributed by atoms with van der Waals surface area (Å²) in [6.07, 6.45) is 0.219. The Morgan fingerprint density at radius 3 is 2.12 bits per heavy atom. The van der Waals surface area contributed by atoms with Gasteiger partial charge in [0.25, 0.3) is 17.7 Å². The molecule has 0 aliphatic carbocycles. The lowest BCUT2D eigenvalue weighted by molar-refractivity contribution is 0.0943. The SMILES string of the molecule is Cn1nc(NC(=O)c2cc(NC(=O)c3nc(N)n[nH]3)nn2C)cc1C(=O)NCCC(=N)N. The molecule has 168 valence electrons. The summed E-state index contributed by atoms with van der Waals surface area (Å²) in [5, 5.41) is 28.9. The van der Waals surface area contributed by atoms with Gasteiger partial charge in [-0.25, -0.2) is 0 Å². The first kappa shape index (κ1) is 21.9. The molecule has 0 unspecified atom stereocenters. The fourth-order valence-corrected chi connectivity index (χ4v) is 2.62. The zero-order valence-electron chi connectivity index (χ0n) is 17.1. The van der Waals surface area contributed by atoms with Crippen molar-refractivity contribution >= 4 is 41.1 Å². The van der Waals surface area contributed by atoms with Crippen molar-refractivity contribution in [2.45, 2.75) is 6.42 Å². The number of nitrogens with one attached hydrogen (secondary N) is 5. The summed E-state index contributed by atoms with van der Waals surface area (Å²) in [5.74, 6) is -1.63. The molecule has 9 N–H and O–H groups in total. The maximum absolute atomic E-state index is 12.6. The molecule has 0 spiro atoms. The molecule has 3 amide bonds. The molecule has 3 rings (SSSR count). The van der Waals surface area contributed by atoms with E-state index in [9.17, 15) is 14.4 Å². The Morgan fingerprint density at radius 2 is 1.59 bits per heavy atom. The molecule has 32 heavy (non-hydrogen) atoms. The van der Waals surface area contributed by atoms with Crippen molar-refractivity contribution in [2.24, 2.45) is 19.8 Å². The first-order valence-electron chi connectivity index (χ1n) is 9.13. The van der Waals surface area contributed by atoms with Gasteiger partial charge < -0.3 is 27.4 Å². The van der Waals surface area contributed by atoms with Crippen LogP contribution in [0.2, 0.25) is 0 Å². The number of hydrogen-bond acceptors (Lipinski definition) is 9. The maximum Gasteiger partial charge on any atom is 0.294 e. The Labute approximate surface area is 180 Å². The maximum atomic E-state index is 12.6. The van der Waals surface area contributed by atoms with Gasteiger partial charge in [-0.05, 0) is 0 Å². The summed E-state index contributed by atoms with van der Waals surface area (Å²) in [6.45, 7) is 0.200. The fourth-order valence-electron chi connectivity index (χ4n) is 2.62. The van der Waals surface area contributed by atoms with Gasteiger partial charge in [0.2, 0.25) is 11.8 Å². The van der Waals surface area contributed by atoms with Crippen LogP contribution in [-0.4, -0.2) is 64.8 Å². The molecule has 3 heterocycles. The number of hydrogen-bond donors (Lipinski definition) is 7. The van der Waals surface area contributed by atoms with Crippen LogP contribution in [0.3, 0.4) is 0 Å². The van der Waals surface area contributed by atoms with E-state index >= 15 is 0 Å². The number of nitrogen functional groups attached to an aromatic ring is 1. The van der Waals surface area contributed by atoms with E-state index in [-0.39, 0.29) is 53.6 Å². The number of amides is 3. The lowest BCUT2D eigenvalue weighted by Crippen LogP contribution is -2.29. The number of aromatic nitrogens is 7. The molecular weight excluding hydrogens is 422 g/mol. The van der Waals surface area contributed by atoms with E-state index in [4.69, 9.17) is 16.9 Å². The Kier molecular flexibility index (Phi) is 6.13. The Balaban J connectivity index is 1.65. The van der Waals surface area contributed by atoms with Gasteiger partial charge in [0.15, 0.2) is 11.6 Å². The quantitative estimate of drug-likeness (QED) is 0.157. The Bertz CT molecular complexity index is 1190. The molecule has 3 aromatic heterocycles. The van der Waals surface area contributed by atoms with Gasteiger partial charge in [-0.2, -0.15) is 15.2 Å². The number of carbonyl (C=O) groups is 3. The minimum absolute atomic E-state index is 0.0417. The standard InChI is InChI=1S/C16H21N13O3/c1-28-7(13(30)20-4-3-9(17)18)5-10(26-28)21-14(31)8-6-11(27-29(8)2)22-15(32)12-23-16(19)25-24-12/h5-6H,3-4H2,1-2H3,(H3,17,18)(H,20,30)(H,21,26,31)(H,22,27,32)(H3,19,23,24,25). The summed E-state index contributed by atoms with van der Waals surface area (Å²) >= 11 is 0. The van der Waals surface area contributed by atoms with Gasteiger partial charge in [0, 0.05) is 39.2 Å². The van der Waals surface area contributed by atoms with E-state index in [0.29, 0.717) is 0 Å². The molecule has 16 heteroatoms. The fraction of sp³-hybridized carbons (Fsp3) is 0.250. The molecule has 0 saturated carbocycles. The summed E-state index contributed by atoms with van der Waals surface area (Å²) in [6, 6.07) is 2.75. The number of rotatable bonds is 8. The smallest absolute Gasteiger partial charge is 0.294 e. The Morgan fingerprint density at radius 1 is 1.03 bits per heavy atom. The average Bonchev–Trinajstić information content (AvgIpc) is 3.40. The lowest BCUT2D eigenvalue weighted by atomic mass is 10.3. The van der Waals surface area contributed by atoms with Gasteiger partial charge in [0.1, 0.15) is 11.4 Å². The summed E-state index contributed by atoms with van der Waals surface area (Å²) in [5.41, 5.74) is 10.9. The van der Waals surface area contributed by atoms with Crippen LogP contribution in [0, 0.1) is 5.41 Å². The van der Waals surface area contributed by atoms with Crippen LogP contribution < -0.4 is 27.4 Å². The minimum Gasteiger partial charge on any atom is -0.388 e. The number of aromatic amines is 1. The molecule has 0 aliphatic heterocycles. The third kappa shape index (κ3) is 5.04. The first-order chi connectivity index (χ1) is 15.1. The van der Waals surface area contributed by atoms with Gasteiger partial charge in [-0.1, -0.05) is 0 Å². The third-order valence-electron chi connectivity index (χ3n) is 4.11. The molecular formula is C16H21N13O3. The first-order valence-corrected chi connectivity index (χ1v) is 9.13. The van der Waals surface area contributed by atoms with Crippen molar-refractivity contribution < 1.29 is 14.4 Å². The second-order valence-electron chi connectivity index (χ2n) is 6.56. The highest BCUT2D eigenvalue weighted by molar-refractivity contribution is 6.05. The monoisotopic (exact) mass is 443 g/mol. The van der Waals surface area contributed by atoms with Crippen LogP contribution in [0.5, 0.6) is 0 Å². The number of nitrogens with two attached hydrogens (primary N) is 2.